The van der Waals surface area contributed by atoms with Crippen LogP contribution >= 0.6 is 27.5 Å². The van der Waals surface area contributed by atoms with E-state index in [4.69, 9.17) is 11.6 Å². The quantitative estimate of drug-likeness (QED) is 0.780. The molecule has 2 amide bonds. The number of halogens is 2. The Hall–Kier alpha value is -1.85. The number of aryl methyl sites for hydroxylation is 2. The predicted octanol–water partition coefficient (Wildman–Crippen LogP) is 4.71. The fraction of sp³-hybridized carbons (Fsp3) is 0.263. The Morgan fingerprint density at radius 3 is 2.40 bits per heavy atom. The van der Waals surface area contributed by atoms with E-state index < -0.39 is 0 Å². The molecule has 1 aliphatic rings. The van der Waals surface area contributed by atoms with E-state index in [0.29, 0.717) is 11.6 Å². The summed E-state index contributed by atoms with van der Waals surface area (Å²) in [5.41, 5.74) is 3.63. The number of amides is 2. The maximum Gasteiger partial charge on any atom is 0.229 e. The molecule has 0 unspecified atom stereocenters. The second-order valence-corrected chi connectivity index (χ2v) is 7.52. The second kappa shape index (κ2) is 7.18. The van der Waals surface area contributed by atoms with Crippen molar-refractivity contribution in [3.05, 3.63) is 57.0 Å². The van der Waals surface area contributed by atoms with Crippen LogP contribution in [0.25, 0.3) is 0 Å². The lowest BCUT2D eigenvalue weighted by molar-refractivity contribution is -0.122. The van der Waals surface area contributed by atoms with Gasteiger partial charge in [-0.1, -0.05) is 27.5 Å². The van der Waals surface area contributed by atoms with Gasteiger partial charge in [0.1, 0.15) is 0 Å². The molecule has 0 radical (unpaired) electrons. The van der Waals surface area contributed by atoms with Crippen molar-refractivity contribution < 1.29 is 9.59 Å². The van der Waals surface area contributed by atoms with Gasteiger partial charge in [0.2, 0.25) is 11.8 Å². The molecular weight excluding hydrogens is 404 g/mol. The summed E-state index contributed by atoms with van der Waals surface area (Å²) in [4.78, 5) is 26.5. The van der Waals surface area contributed by atoms with Gasteiger partial charge < -0.3 is 10.2 Å². The molecule has 0 bridgehead atoms. The van der Waals surface area contributed by atoms with E-state index in [0.717, 1.165) is 27.0 Å². The molecule has 1 atom stereocenters. The summed E-state index contributed by atoms with van der Waals surface area (Å²) in [7, 11) is 0. The zero-order chi connectivity index (χ0) is 18.1. The number of carbonyl (C=O) groups is 2. The Balaban J connectivity index is 1.71. The molecule has 2 aromatic rings. The van der Waals surface area contributed by atoms with Gasteiger partial charge in [0.15, 0.2) is 0 Å². The standard InChI is InChI=1S/C19H18BrClN2O2/c1-11-7-15(8-12(2)18(11)20)22-19(25)13-9-17(24)23(10-13)16-5-3-14(21)4-6-16/h3-8,13H,9-10H2,1-2H3,(H,22,25)/t13-/m1/s1. The van der Waals surface area contributed by atoms with E-state index in [1.54, 1.807) is 29.2 Å². The van der Waals surface area contributed by atoms with Crippen LogP contribution in [0.4, 0.5) is 11.4 Å². The van der Waals surface area contributed by atoms with E-state index in [1.807, 2.05) is 26.0 Å². The van der Waals surface area contributed by atoms with Crippen molar-refractivity contribution in [1.82, 2.24) is 0 Å². The molecule has 3 rings (SSSR count). The Morgan fingerprint density at radius 1 is 1.20 bits per heavy atom. The Bertz CT molecular complexity index is 813. The highest BCUT2D eigenvalue weighted by molar-refractivity contribution is 9.10. The van der Waals surface area contributed by atoms with Gasteiger partial charge in [0, 0.05) is 33.8 Å². The van der Waals surface area contributed by atoms with Gasteiger partial charge in [-0.05, 0) is 61.4 Å². The van der Waals surface area contributed by atoms with Crippen LogP contribution in [0, 0.1) is 19.8 Å². The summed E-state index contributed by atoms with van der Waals surface area (Å²) in [5.74, 6) is -0.552. The summed E-state index contributed by atoms with van der Waals surface area (Å²) < 4.78 is 1.04. The van der Waals surface area contributed by atoms with Crippen LogP contribution < -0.4 is 10.2 Å². The van der Waals surface area contributed by atoms with Crippen molar-refractivity contribution in [2.75, 3.05) is 16.8 Å². The maximum absolute atomic E-state index is 12.6. The Morgan fingerprint density at radius 2 is 1.80 bits per heavy atom. The van der Waals surface area contributed by atoms with Crippen molar-refractivity contribution in [2.45, 2.75) is 20.3 Å². The fourth-order valence-corrected chi connectivity index (χ4v) is 3.37. The molecule has 1 fully saturated rings. The van der Waals surface area contributed by atoms with E-state index in [9.17, 15) is 9.59 Å². The number of nitrogens with one attached hydrogen (secondary N) is 1. The van der Waals surface area contributed by atoms with Crippen molar-refractivity contribution in [2.24, 2.45) is 5.92 Å². The minimum atomic E-state index is -0.368. The number of nitrogens with zero attached hydrogens (tertiary/aromatic N) is 1. The predicted molar refractivity (Wildman–Crippen MR) is 104 cm³/mol. The highest BCUT2D eigenvalue weighted by atomic mass is 79.9. The van der Waals surface area contributed by atoms with Crippen LogP contribution in [0.2, 0.25) is 5.02 Å². The molecule has 0 saturated carbocycles. The summed E-state index contributed by atoms with van der Waals surface area (Å²) in [6.45, 7) is 4.34. The smallest absolute Gasteiger partial charge is 0.229 e. The van der Waals surface area contributed by atoms with Crippen LogP contribution in [0.5, 0.6) is 0 Å². The van der Waals surface area contributed by atoms with Gasteiger partial charge in [-0.25, -0.2) is 0 Å². The fourth-order valence-electron chi connectivity index (χ4n) is 3.02. The van der Waals surface area contributed by atoms with Crippen molar-refractivity contribution in [3.63, 3.8) is 0 Å². The minimum Gasteiger partial charge on any atom is -0.326 e. The first-order chi connectivity index (χ1) is 11.8. The first-order valence-corrected chi connectivity index (χ1v) is 9.16. The SMILES string of the molecule is Cc1cc(NC(=O)[C@@H]2CC(=O)N(c3ccc(Cl)cc3)C2)cc(C)c1Br. The molecule has 1 aliphatic heterocycles. The topological polar surface area (TPSA) is 49.4 Å². The lowest BCUT2D eigenvalue weighted by Crippen LogP contribution is -2.28. The van der Waals surface area contributed by atoms with E-state index in [2.05, 4.69) is 21.2 Å². The van der Waals surface area contributed by atoms with Gasteiger partial charge in [0.05, 0.1) is 5.92 Å². The first-order valence-electron chi connectivity index (χ1n) is 7.98. The van der Waals surface area contributed by atoms with Crippen LogP contribution in [0.15, 0.2) is 40.9 Å². The number of rotatable bonds is 3. The van der Waals surface area contributed by atoms with Gasteiger partial charge >= 0.3 is 0 Å². The molecule has 0 aromatic heterocycles. The molecule has 25 heavy (non-hydrogen) atoms. The molecule has 130 valence electrons. The number of hydrogen-bond donors (Lipinski definition) is 1. The molecule has 6 heteroatoms. The number of anilines is 2. The summed E-state index contributed by atoms with van der Waals surface area (Å²) >= 11 is 9.41. The maximum atomic E-state index is 12.6. The Kier molecular flexibility index (Phi) is 5.16. The third-order valence-corrected chi connectivity index (χ3v) is 5.84. The van der Waals surface area contributed by atoms with Crippen LogP contribution in [-0.2, 0) is 9.59 Å². The monoisotopic (exact) mass is 420 g/mol. The third kappa shape index (κ3) is 3.88. The average molecular weight is 422 g/mol. The number of hydrogen-bond acceptors (Lipinski definition) is 2. The zero-order valence-electron chi connectivity index (χ0n) is 14.0. The summed E-state index contributed by atoms with van der Waals surface area (Å²) in [5, 5.41) is 3.55. The number of benzene rings is 2. The van der Waals surface area contributed by atoms with Gasteiger partial charge in [-0.2, -0.15) is 0 Å². The molecule has 4 nitrogen and oxygen atoms in total. The van der Waals surface area contributed by atoms with Gasteiger partial charge in [-0.15, -0.1) is 0 Å². The van der Waals surface area contributed by atoms with E-state index in [1.165, 1.54) is 0 Å². The van der Waals surface area contributed by atoms with Crippen LogP contribution in [0.1, 0.15) is 17.5 Å². The van der Waals surface area contributed by atoms with E-state index in [-0.39, 0.29) is 24.2 Å². The van der Waals surface area contributed by atoms with Crippen LogP contribution in [0.3, 0.4) is 0 Å². The molecule has 0 spiro atoms. The zero-order valence-corrected chi connectivity index (χ0v) is 16.3. The van der Waals surface area contributed by atoms with Crippen LogP contribution in [-0.4, -0.2) is 18.4 Å². The summed E-state index contributed by atoms with van der Waals surface area (Å²) in [6.07, 6.45) is 0.211. The van der Waals surface area contributed by atoms with Crippen molar-refractivity contribution >= 4 is 50.7 Å². The van der Waals surface area contributed by atoms with Gasteiger partial charge in [0.25, 0.3) is 0 Å². The lowest BCUT2D eigenvalue weighted by Gasteiger charge is -2.17. The van der Waals surface area contributed by atoms with Crippen molar-refractivity contribution in [1.29, 1.82) is 0 Å². The third-order valence-electron chi connectivity index (χ3n) is 4.34. The number of carbonyl (C=O) groups excluding carboxylic acids is 2. The highest BCUT2D eigenvalue weighted by Gasteiger charge is 2.35. The van der Waals surface area contributed by atoms with E-state index >= 15 is 0 Å². The van der Waals surface area contributed by atoms with Crippen molar-refractivity contribution in [3.8, 4) is 0 Å². The molecule has 0 aliphatic carbocycles. The largest absolute Gasteiger partial charge is 0.326 e. The summed E-state index contributed by atoms with van der Waals surface area (Å²) in [6, 6.07) is 10.9. The van der Waals surface area contributed by atoms with Gasteiger partial charge in [-0.3, -0.25) is 9.59 Å². The highest BCUT2D eigenvalue weighted by Crippen LogP contribution is 2.29. The minimum absolute atomic E-state index is 0.0503. The Labute approximate surface area is 160 Å². The molecule has 2 aromatic carbocycles. The lowest BCUT2D eigenvalue weighted by atomic mass is 10.1. The first kappa shape index (κ1) is 18.0. The molecular formula is C19H18BrClN2O2. The average Bonchev–Trinajstić information content (AvgIpc) is 2.95. The normalized spacial score (nSPS) is 17.0. The second-order valence-electron chi connectivity index (χ2n) is 6.30. The molecule has 1 saturated heterocycles. The molecule has 1 heterocycles. The molecule has 1 N–H and O–H groups in total.